The van der Waals surface area contributed by atoms with Gasteiger partial charge >= 0.3 is 5.97 Å². The molecule has 6 heteroatoms. The van der Waals surface area contributed by atoms with Crippen LogP contribution >= 0.6 is 11.3 Å². The second-order valence-corrected chi connectivity index (χ2v) is 5.46. The number of aryl methyl sites for hydroxylation is 2. The lowest BCUT2D eigenvalue weighted by Crippen LogP contribution is -2.28. The van der Waals surface area contributed by atoms with E-state index in [2.05, 4.69) is 22.2 Å². The molecule has 0 aliphatic rings. The average molecular weight is 279 g/mol. The van der Waals surface area contributed by atoms with Crippen LogP contribution in [0.2, 0.25) is 0 Å². The maximum absolute atomic E-state index is 11.1. The van der Waals surface area contributed by atoms with E-state index in [0.29, 0.717) is 18.1 Å². The number of hydrogen-bond donors (Lipinski definition) is 2. The summed E-state index contributed by atoms with van der Waals surface area (Å²) in [5.41, 5.74) is 0. The Balaban J connectivity index is 2.46. The van der Waals surface area contributed by atoms with Crippen LogP contribution in [0.25, 0.3) is 10.2 Å². The Morgan fingerprint density at radius 2 is 2.21 bits per heavy atom. The average Bonchev–Trinajstić information content (AvgIpc) is 2.78. The molecule has 2 rings (SSSR count). The van der Waals surface area contributed by atoms with Gasteiger partial charge in [0.1, 0.15) is 22.5 Å². The van der Waals surface area contributed by atoms with E-state index >= 15 is 0 Å². The van der Waals surface area contributed by atoms with Crippen molar-refractivity contribution >= 4 is 33.3 Å². The molecule has 5 nitrogen and oxygen atoms in total. The number of nitrogens with zero attached hydrogens (tertiary/aromatic N) is 2. The summed E-state index contributed by atoms with van der Waals surface area (Å²) in [4.78, 5) is 22.0. The molecular weight excluding hydrogens is 262 g/mol. The number of thiophene rings is 1. The summed E-state index contributed by atoms with van der Waals surface area (Å²) < 4.78 is 0. The first kappa shape index (κ1) is 13.7. The minimum absolute atomic E-state index is 0.505. The zero-order valence-corrected chi connectivity index (χ0v) is 12.0. The van der Waals surface area contributed by atoms with E-state index in [-0.39, 0.29) is 0 Å². The summed E-state index contributed by atoms with van der Waals surface area (Å²) in [6.45, 7) is 5.74. The minimum Gasteiger partial charge on any atom is -0.480 e. The van der Waals surface area contributed by atoms with Crippen LogP contribution in [0.4, 0.5) is 5.82 Å². The molecule has 0 aliphatic heterocycles. The summed E-state index contributed by atoms with van der Waals surface area (Å²) >= 11 is 1.63. The molecule has 102 valence electrons. The van der Waals surface area contributed by atoms with Crippen molar-refractivity contribution in [2.45, 2.75) is 39.7 Å². The van der Waals surface area contributed by atoms with Crippen LogP contribution in [0, 0.1) is 6.92 Å². The van der Waals surface area contributed by atoms with Crippen LogP contribution in [0.15, 0.2) is 6.07 Å². The molecule has 1 unspecified atom stereocenters. The van der Waals surface area contributed by atoms with Gasteiger partial charge in [0.15, 0.2) is 0 Å². The van der Waals surface area contributed by atoms with Crippen LogP contribution in [0.1, 0.15) is 31.0 Å². The molecule has 2 aromatic heterocycles. The van der Waals surface area contributed by atoms with Gasteiger partial charge in [-0.3, -0.25) is 0 Å². The fraction of sp³-hybridized carbons (Fsp3) is 0.462. The van der Waals surface area contributed by atoms with Crippen LogP contribution in [-0.4, -0.2) is 27.1 Å². The number of aromatic nitrogens is 2. The summed E-state index contributed by atoms with van der Waals surface area (Å²) in [6.07, 6.45) is 1.44. The molecule has 2 aromatic rings. The molecule has 0 aromatic carbocycles. The number of rotatable bonds is 5. The number of carboxylic acids is 1. The lowest BCUT2D eigenvalue weighted by atomic mass is 10.2. The second-order valence-electron chi connectivity index (χ2n) is 4.35. The summed E-state index contributed by atoms with van der Waals surface area (Å²) in [7, 11) is 0. The molecule has 19 heavy (non-hydrogen) atoms. The number of anilines is 1. The summed E-state index contributed by atoms with van der Waals surface area (Å²) in [5, 5.41) is 13.0. The molecule has 1 atom stereocenters. The van der Waals surface area contributed by atoms with Crippen molar-refractivity contribution in [3.63, 3.8) is 0 Å². The molecular formula is C13H17N3O2S. The van der Waals surface area contributed by atoms with Crippen LogP contribution in [-0.2, 0) is 11.2 Å². The molecule has 2 N–H and O–H groups in total. The van der Waals surface area contributed by atoms with E-state index in [0.717, 1.165) is 16.6 Å². The van der Waals surface area contributed by atoms with Gasteiger partial charge in [0.05, 0.1) is 5.39 Å². The number of hydrogen-bond acceptors (Lipinski definition) is 5. The molecule has 0 amide bonds. The van der Waals surface area contributed by atoms with E-state index in [1.807, 2.05) is 19.9 Å². The van der Waals surface area contributed by atoms with Crippen molar-refractivity contribution in [2.75, 3.05) is 5.32 Å². The maximum Gasteiger partial charge on any atom is 0.326 e. The lowest BCUT2D eigenvalue weighted by Gasteiger charge is -2.13. The molecule has 0 saturated heterocycles. The maximum atomic E-state index is 11.1. The first-order chi connectivity index (χ1) is 9.05. The zero-order valence-electron chi connectivity index (χ0n) is 11.2. The number of aliphatic carboxylic acids is 1. The highest BCUT2D eigenvalue weighted by Crippen LogP contribution is 2.29. The highest BCUT2D eigenvalue weighted by atomic mass is 32.1. The monoisotopic (exact) mass is 279 g/mol. The van der Waals surface area contributed by atoms with Gasteiger partial charge in [0, 0.05) is 4.88 Å². The zero-order chi connectivity index (χ0) is 14.0. The Morgan fingerprint density at radius 3 is 2.79 bits per heavy atom. The normalized spacial score (nSPS) is 12.6. The van der Waals surface area contributed by atoms with Crippen molar-refractivity contribution in [2.24, 2.45) is 0 Å². The van der Waals surface area contributed by atoms with E-state index in [1.54, 1.807) is 11.3 Å². The second kappa shape index (κ2) is 5.52. The summed E-state index contributed by atoms with van der Waals surface area (Å²) in [6, 6.07) is 1.42. The van der Waals surface area contributed by atoms with Gasteiger partial charge in [-0.1, -0.05) is 13.8 Å². The molecule has 0 fully saturated rings. The van der Waals surface area contributed by atoms with Gasteiger partial charge in [-0.25, -0.2) is 14.8 Å². The topological polar surface area (TPSA) is 75.1 Å². The highest BCUT2D eigenvalue weighted by molar-refractivity contribution is 7.18. The molecule has 0 saturated carbocycles. The summed E-state index contributed by atoms with van der Waals surface area (Å²) in [5.74, 6) is 0.408. The Kier molecular flexibility index (Phi) is 3.99. The number of nitrogens with one attached hydrogen (secondary N) is 1. The van der Waals surface area contributed by atoms with Gasteiger partial charge in [0.25, 0.3) is 0 Å². The SMILES string of the molecule is CCc1cc2c(NC(CC)C(=O)O)nc(C)nc2s1. The van der Waals surface area contributed by atoms with Gasteiger partial charge in [0.2, 0.25) is 0 Å². The van der Waals surface area contributed by atoms with Gasteiger partial charge in [-0.15, -0.1) is 11.3 Å². The fourth-order valence-electron chi connectivity index (χ4n) is 1.87. The molecule has 0 bridgehead atoms. The quantitative estimate of drug-likeness (QED) is 0.880. The van der Waals surface area contributed by atoms with Crippen LogP contribution < -0.4 is 5.32 Å². The third kappa shape index (κ3) is 2.84. The van der Waals surface area contributed by atoms with Gasteiger partial charge in [-0.05, 0) is 25.8 Å². The Hall–Kier alpha value is -1.69. The van der Waals surface area contributed by atoms with Crippen molar-refractivity contribution in [1.29, 1.82) is 0 Å². The number of carboxylic acid groups (broad SMARTS) is 1. The van der Waals surface area contributed by atoms with Crippen molar-refractivity contribution in [1.82, 2.24) is 9.97 Å². The van der Waals surface area contributed by atoms with E-state index in [4.69, 9.17) is 5.11 Å². The third-order valence-corrected chi connectivity index (χ3v) is 4.09. The number of fused-ring (bicyclic) bond motifs is 1. The van der Waals surface area contributed by atoms with Crippen molar-refractivity contribution in [3.05, 3.63) is 16.8 Å². The van der Waals surface area contributed by atoms with E-state index < -0.39 is 12.0 Å². The van der Waals surface area contributed by atoms with Crippen LogP contribution in [0.5, 0.6) is 0 Å². The van der Waals surface area contributed by atoms with E-state index in [1.165, 1.54) is 4.88 Å². The van der Waals surface area contributed by atoms with Gasteiger partial charge < -0.3 is 10.4 Å². The molecule has 0 spiro atoms. The Morgan fingerprint density at radius 1 is 1.47 bits per heavy atom. The lowest BCUT2D eigenvalue weighted by molar-refractivity contribution is -0.137. The standard InChI is InChI=1S/C13H17N3O2S/c1-4-8-6-9-11(16-10(5-2)13(17)18)14-7(3)15-12(9)19-8/h6,10H,4-5H2,1-3H3,(H,17,18)(H,14,15,16). The predicted molar refractivity (Wildman–Crippen MR) is 76.9 cm³/mol. The van der Waals surface area contributed by atoms with Crippen molar-refractivity contribution < 1.29 is 9.90 Å². The fourth-order valence-corrected chi connectivity index (χ4v) is 2.88. The minimum atomic E-state index is -0.863. The Labute approximate surface area is 115 Å². The molecule has 0 aliphatic carbocycles. The Bertz CT molecular complexity index is 609. The van der Waals surface area contributed by atoms with Gasteiger partial charge in [-0.2, -0.15) is 0 Å². The third-order valence-electron chi connectivity index (χ3n) is 2.92. The smallest absolute Gasteiger partial charge is 0.326 e. The first-order valence-electron chi connectivity index (χ1n) is 6.31. The largest absolute Gasteiger partial charge is 0.480 e. The molecule has 2 heterocycles. The van der Waals surface area contributed by atoms with E-state index in [9.17, 15) is 4.79 Å². The first-order valence-corrected chi connectivity index (χ1v) is 7.13. The predicted octanol–water partition coefficient (Wildman–Crippen LogP) is 2.84. The molecule has 0 radical (unpaired) electrons. The number of carbonyl (C=O) groups is 1. The van der Waals surface area contributed by atoms with Crippen molar-refractivity contribution in [3.8, 4) is 0 Å². The van der Waals surface area contributed by atoms with Crippen LogP contribution in [0.3, 0.4) is 0 Å². The highest BCUT2D eigenvalue weighted by Gasteiger charge is 2.18.